The molecule has 2 atom stereocenters. The lowest BCUT2D eigenvalue weighted by molar-refractivity contribution is -0.144. The van der Waals surface area contributed by atoms with Crippen LogP contribution in [-0.4, -0.2) is 31.6 Å². The highest BCUT2D eigenvalue weighted by atomic mass is 32.1. The molecular weight excluding hydrogens is 276 g/mol. The fraction of sp³-hybridized carbons (Fsp3) is 0.571. The van der Waals surface area contributed by atoms with Crippen molar-refractivity contribution in [2.24, 2.45) is 0 Å². The van der Waals surface area contributed by atoms with Crippen LogP contribution >= 0.6 is 11.3 Å². The summed E-state index contributed by atoms with van der Waals surface area (Å²) in [5.74, 6) is -0.656. The normalized spacial score (nSPS) is 19.0. The van der Waals surface area contributed by atoms with Gasteiger partial charge < -0.3 is 15.4 Å². The maximum absolute atomic E-state index is 11.6. The van der Waals surface area contributed by atoms with E-state index in [0.29, 0.717) is 6.54 Å². The van der Waals surface area contributed by atoms with Crippen molar-refractivity contribution in [2.75, 3.05) is 13.7 Å². The lowest BCUT2D eigenvalue weighted by atomic mass is 9.94. The summed E-state index contributed by atoms with van der Waals surface area (Å²) in [6.07, 6.45) is 3.34. The highest BCUT2D eigenvalue weighted by Gasteiger charge is 2.25. The van der Waals surface area contributed by atoms with E-state index in [2.05, 4.69) is 22.1 Å². The van der Waals surface area contributed by atoms with E-state index in [1.807, 2.05) is 0 Å². The van der Waals surface area contributed by atoms with E-state index in [1.54, 1.807) is 11.3 Å². The number of fused-ring (bicyclic) bond motifs is 1. The number of methoxy groups -OCH3 is 1. The third kappa shape index (κ3) is 3.58. The van der Waals surface area contributed by atoms with E-state index in [0.717, 1.165) is 19.3 Å². The molecule has 1 aliphatic carbocycles. The molecule has 1 heterocycles. The van der Waals surface area contributed by atoms with Crippen molar-refractivity contribution in [1.82, 2.24) is 10.6 Å². The minimum Gasteiger partial charge on any atom is -0.467 e. The van der Waals surface area contributed by atoms with E-state index >= 15 is 0 Å². The fourth-order valence-electron chi connectivity index (χ4n) is 2.54. The van der Waals surface area contributed by atoms with Crippen molar-refractivity contribution in [1.29, 1.82) is 0 Å². The molecule has 2 N–H and O–H groups in total. The van der Waals surface area contributed by atoms with Gasteiger partial charge in [0.25, 0.3) is 0 Å². The Morgan fingerprint density at radius 2 is 2.35 bits per heavy atom. The number of carbonyl (C=O) groups excluding carboxylic acids is 2. The molecule has 0 saturated carbocycles. The second-order valence-electron chi connectivity index (χ2n) is 4.93. The molecule has 0 spiro atoms. The monoisotopic (exact) mass is 296 g/mol. The van der Waals surface area contributed by atoms with E-state index < -0.39 is 12.0 Å². The lowest BCUT2D eigenvalue weighted by Crippen LogP contribution is -2.48. The van der Waals surface area contributed by atoms with E-state index in [1.165, 1.54) is 24.5 Å². The summed E-state index contributed by atoms with van der Waals surface area (Å²) in [6, 6.07) is 1.76. The van der Waals surface area contributed by atoms with E-state index in [4.69, 9.17) is 4.74 Å². The molecule has 0 aromatic carbocycles. The number of amides is 1. The van der Waals surface area contributed by atoms with Gasteiger partial charge in [0.2, 0.25) is 5.91 Å². The Morgan fingerprint density at radius 3 is 3.05 bits per heavy atom. The van der Waals surface area contributed by atoms with Gasteiger partial charge in [0, 0.05) is 24.4 Å². The average molecular weight is 296 g/mol. The largest absolute Gasteiger partial charge is 0.467 e. The van der Waals surface area contributed by atoms with Gasteiger partial charge in [0.1, 0.15) is 6.04 Å². The molecule has 1 aromatic heterocycles. The van der Waals surface area contributed by atoms with Gasteiger partial charge >= 0.3 is 5.97 Å². The first-order valence-corrected chi connectivity index (χ1v) is 7.64. The topological polar surface area (TPSA) is 67.4 Å². The first kappa shape index (κ1) is 15.0. The highest BCUT2D eigenvalue weighted by Crippen LogP contribution is 2.33. The Hall–Kier alpha value is -1.40. The zero-order valence-electron chi connectivity index (χ0n) is 11.8. The van der Waals surface area contributed by atoms with Crippen LogP contribution in [-0.2, 0) is 20.7 Å². The van der Waals surface area contributed by atoms with Crippen LogP contribution in [0.1, 0.15) is 36.2 Å². The quantitative estimate of drug-likeness (QED) is 0.806. The standard InChI is InChI=1S/C14H20N2O3S/c1-9(17)16-12(14(18)19-2)8-15-11-4-3-5-13-10(11)6-7-20-13/h6-7,11-12,15H,3-5,8H2,1-2H3,(H,16,17). The molecular formula is C14H20N2O3S. The second-order valence-corrected chi connectivity index (χ2v) is 5.93. The van der Waals surface area contributed by atoms with Crippen molar-refractivity contribution in [3.63, 3.8) is 0 Å². The van der Waals surface area contributed by atoms with Gasteiger partial charge in [0.05, 0.1) is 7.11 Å². The molecule has 0 saturated heterocycles. The van der Waals surface area contributed by atoms with Gasteiger partial charge in [-0.3, -0.25) is 4.79 Å². The van der Waals surface area contributed by atoms with E-state index in [9.17, 15) is 9.59 Å². The van der Waals surface area contributed by atoms with Gasteiger partial charge in [0.15, 0.2) is 0 Å². The Morgan fingerprint density at radius 1 is 1.55 bits per heavy atom. The van der Waals surface area contributed by atoms with Gasteiger partial charge in [-0.25, -0.2) is 4.79 Å². The van der Waals surface area contributed by atoms with Gasteiger partial charge in [-0.15, -0.1) is 11.3 Å². The van der Waals surface area contributed by atoms with Crippen molar-refractivity contribution < 1.29 is 14.3 Å². The zero-order valence-corrected chi connectivity index (χ0v) is 12.6. The summed E-state index contributed by atoms with van der Waals surface area (Å²) >= 11 is 1.78. The number of hydrogen-bond acceptors (Lipinski definition) is 5. The number of hydrogen-bond donors (Lipinski definition) is 2. The maximum atomic E-state index is 11.6. The van der Waals surface area contributed by atoms with Crippen molar-refractivity contribution in [3.8, 4) is 0 Å². The predicted molar refractivity (Wildman–Crippen MR) is 77.6 cm³/mol. The molecule has 0 radical (unpaired) electrons. The number of aryl methyl sites for hydroxylation is 1. The Balaban J connectivity index is 1.96. The highest BCUT2D eigenvalue weighted by molar-refractivity contribution is 7.10. The van der Waals surface area contributed by atoms with Crippen molar-refractivity contribution >= 4 is 23.2 Å². The number of rotatable bonds is 5. The Labute approximate surface area is 122 Å². The number of esters is 1. The van der Waals surface area contributed by atoms with Gasteiger partial charge in [-0.05, 0) is 36.3 Å². The summed E-state index contributed by atoms with van der Waals surface area (Å²) in [4.78, 5) is 24.2. The van der Waals surface area contributed by atoms with Crippen molar-refractivity contribution in [2.45, 2.75) is 38.3 Å². The first-order valence-electron chi connectivity index (χ1n) is 6.76. The summed E-state index contributed by atoms with van der Waals surface area (Å²) < 4.78 is 4.72. The molecule has 5 nitrogen and oxygen atoms in total. The Bertz CT molecular complexity index is 487. The van der Waals surface area contributed by atoms with Gasteiger partial charge in [-0.1, -0.05) is 0 Å². The SMILES string of the molecule is COC(=O)C(CNC1CCCc2sccc21)NC(C)=O. The van der Waals surface area contributed by atoms with Crippen LogP contribution in [0.15, 0.2) is 11.4 Å². The third-order valence-corrected chi connectivity index (χ3v) is 4.48. The summed E-state index contributed by atoms with van der Waals surface area (Å²) in [7, 11) is 1.33. The van der Waals surface area contributed by atoms with Crippen LogP contribution in [0.4, 0.5) is 0 Å². The van der Waals surface area contributed by atoms with Crippen LogP contribution in [0.2, 0.25) is 0 Å². The molecule has 6 heteroatoms. The average Bonchev–Trinajstić information content (AvgIpc) is 2.91. The Kier molecular flexibility index (Phi) is 5.14. The van der Waals surface area contributed by atoms with Crippen LogP contribution in [0.5, 0.6) is 0 Å². The molecule has 0 aliphatic heterocycles. The molecule has 0 fully saturated rings. The fourth-order valence-corrected chi connectivity index (χ4v) is 3.53. The van der Waals surface area contributed by atoms with Crippen LogP contribution in [0, 0.1) is 0 Å². The zero-order chi connectivity index (χ0) is 14.5. The van der Waals surface area contributed by atoms with Crippen molar-refractivity contribution in [3.05, 3.63) is 21.9 Å². The number of ether oxygens (including phenoxy) is 1. The lowest BCUT2D eigenvalue weighted by Gasteiger charge is -2.26. The molecule has 0 bridgehead atoms. The predicted octanol–water partition coefficient (Wildman–Crippen LogP) is 1.39. The van der Waals surface area contributed by atoms with E-state index in [-0.39, 0.29) is 11.9 Å². The third-order valence-electron chi connectivity index (χ3n) is 3.48. The number of thiophene rings is 1. The first-order chi connectivity index (χ1) is 9.61. The molecule has 1 aromatic rings. The minimum atomic E-state index is -0.637. The molecule has 2 unspecified atom stereocenters. The minimum absolute atomic E-state index is 0.234. The molecule has 1 amide bonds. The molecule has 1 aliphatic rings. The number of nitrogens with one attached hydrogen (secondary N) is 2. The maximum Gasteiger partial charge on any atom is 0.329 e. The van der Waals surface area contributed by atoms with Crippen LogP contribution in [0.3, 0.4) is 0 Å². The smallest absolute Gasteiger partial charge is 0.329 e. The molecule has 20 heavy (non-hydrogen) atoms. The summed E-state index contributed by atoms with van der Waals surface area (Å²) in [5, 5.41) is 8.10. The van der Waals surface area contributed by atoms with Crippen LogP contribution in [0.25, 0.3) is 0 Å². The van der Waals surface area contributed by atoms with Gasteiger partial charge in [-0.2, -0.15) is 0 Å². The second kappa shape index (κ2) is 6.85. The molecule has 110 valence electrons. The molecule has 2 rings (SSSR count). The van der Waals surface area contributed by atoms with Crippen LogP contribution < -0.4 is 10.6 Å². The summed E-state index contributed by atoms with van der Waals surface area (Å²) in [5.41, 5.74) is 1.33. The number of carbonyl (C=O) groups is 2. The summed E-state index contributed by atoms with van der Waals surface area (Å²) in [6.45, 7) is 1.78.